The molecule has 2 rings (SSSR count). The molecule has 102 valence electrons. The van der Waals surface area contributed by atoms with Crippen molar-refractivity contribution in [2.75, 3.05) is 6.54 Å². The van der Waals surface area contributed by atoms with Gasteiger partial charge in [0.05, 0.1) is 4.91 Å². The van der Waals surface area contributed by atoms with Crippen molar-refractivity contribution >= 4 is 21.6 Å². The van der Waals surface area contributed by atoms with Crippen LogP contribution in [0.1, 0.15) is 18.4 Å². The first-order valence-electron chi connectivity index (χ1n) is 6.19. The molecule has 0 aliphatic heterocycles. The highest BCUT2D eigenvalue weighted by molar-refractivity contribution is 7.93. The summed E-state index contributed by atoms with van der Waals surface area (Å²) in [7, 11) is -3.37. The van der Waals surface area contributed by atoms with Gasteiger partial charge in [0.1, 0.15) is 0 Å². The quantitative estimate of drug-likeness (QED) is 0.908. The van der Waals surface area contributed by atoms with Gasteiger partial charge in [0.25, 0.3) is 0 Å². The van der Waals surface area contributed by atoms with Crippen LogP contribution in [-0.2, 0) is 16.4 Å². The molecule has 0 saturated heterocycles. The lowest BCUT2D eigenvalue weighted by Crippen LogP contribution is -2.27. The van der Waals surface area contributed by atoms with Gasteiger partial charge in [-0.05, 0) is 43.0 Å². The molecule has 1 aliphatic carbocycles. The lowest BCUT2D eigenvalue weighted by molar-refractivity contribution is 0.588. The van der Waals surface area contributed by atoms with Gasteiger partial charge in [-0.1, -0.05) is 35.9 Å². The molecule has 0 fully saturated rings. The molecular weight excluding hydrogens is 282 g/mol. The first kappa shape index (κ1) is 14.3. The van der Waals surface area contributed by atoms with Crippen LogP contribution >= 0.6 is 11.6 Å². The highest BCUT2D eigenvalue weighted by Gasteiger charge is 2.15. The Morgan fingerprint density at radius 1 is 1.26 bits per heavy atom. The van der Waals surface area contributed by atoms with Crippen molar-refractivity contribution in [1.29, 1.82) is 0 Å². The Hall–Kier alpha value is -1.10. The maximum absolute atomic E-state index is 12.0. The van der Waals surface area contributed by atoms with Crippen LogP contribution in [0.4, 0.5) is 0 Å². The number of hydrogen-bond acceptors (Lipinski definition) is 2. The minimum Gasteiger partial charge on any atom is -0.211 e. The summed E-state index contributed by atoms with van der Waals surface area (Å²) >= 11 is 5.88. The molecular formula is C14H16ClNO2S. The Morgan fingerprint density at radius 3 is 2.79 bits per heavy atom. The molecule has 0 atom stereocenters. The average molecular weight is 298 g/mol. The molecule has 0 bridgehead atoms. The SMILES string of the molecule is O=S(=O)(NCCc1cccc(Cl)c1)C1=CCCC=C1. The number of halogens is 1. The van der Waals surface area contributed by atoms with Gasteiger partial charge in [-0.3, -0.25) is 0 Å². The third-order valence-electron chi connectivity index (χ3n) is 2.87. The summed E-state index contributed by atoms with van der Waals surface area (Å²) < 4.78 is 26.6. The monoisotopic (exact) mass is 297 g/mol. The van der Waals surface area contributed by atoms with Crippen LogP contribution in [0.15, 0.2) is 47.4 Å². The molecule has 0 amide bonds. The fourth-order valence-electron chi connectivity index (χ4n) is 1.89. The van der Waals surface area contributed by atoms with Crippen LogP contribution in [0, 0.1) is 0 Å². The van der Waals surface area contributed by atoms with Gasteiger partial charge in [-0.15, -0.1) is 0 Å². The highest BCUT2D eigenvalue weighted by atomic mass is 35.5. The number of sulfonamides is 1. The molecule has 0 heterocycles. The summed E-state index contributed by atoms with van der Waals surface area (Å²) in [5.74, 6) is 0. The van der Waals surface area contributed by atoms with Crippen molar-refractivity contribution in [3.63, 3.8) is 0 Å². The van der Waals surface area contributed by atoms with E-state index in [9.17, 15) is 8.42 Å². The van der Waals surface area contributed by atoms with E-state index in [1.165, 1.54) is 0 Å². The fourth-order valence-corrected chi connectivity index (χ4v) is 3.26. The third-order valence-corrected chi connectivity index (χ3v) is 4.61. The predicted octanol–water partition coefficient (Wildman–Crippen LogP) is 3.04. The molecule has 0 saturated carbocycles. The summed E-state index contributed by atoms with van der Waals surface area (Å²) in [5.41, 5.74) is 1.02. The van der Waals surface area contributed by atoms with Gasteiger partial charge in [0.15, 0.2) is 0 Å². The first-order chi connectivity index (χ1) is 9.08. The second-order valence-corrected chi connectivity index (χ2v) is 6.57. The maximum atomic E-state index is 12.0. The lowest BCUT2D eigenvalue weighted by atomic mass is 10.2. The van der Waals surface area contributed by atoms with E-state index in [1.807, 2.05) is 24.3 Å². The van der Waals surface area contributed by atoms with Crippen molar-refractivity contribution in [1.82, 2.24) is 4.72 Å². The maximum Gasteiger partial charge on any atom is 0.240 e. The zero-order valence-corrected chi connectivity index (χ0v) is 12.0. The smallest absolute Gasteiger partial charge is 0.211 e. The van der Waals surface area contributed by atoms with Crippen LogP contribution in [0.5, 0.6) is 0 Å². The summed E-state index contributed by atoms with van der Waals surface area (Å²) in [5, 5.41) is 0.665. The third kappa shape index (κ3) is 4.20. The van der Waals surface area contributed by atoms with E-state index in [4.69, 9.17) is 11.6 Å². The van der Waals surface area contributed by atoms with Gasteiger partial charge < -0.3 is 0 Å². The van der Waals surface area contributed by atoms with Crippen LogP contribution < -0.4 is 4.72 Å². The Morgan fingerprint density at radius 2 is 2.11 bits per heavy atom. The number of benzene rings is 1. The Kier molecular flexibility index (Phi) is 4.80. The molecule has 1 aromatic rings. The van der Waals surface area contributed by atoms with Crippen molar-refractivity contribution in [2.24, 2.45) is 0 Å². The van der Waals surface area contributed by atoms with Crippen LogP contribution in [-0.4, -0.2) is 15.0 Å². The second-order valence-electron chi connectivity index (χ2n) is 4.36. The summed E-state index contributed by atoms with van der Waals surface area (Å²) in [6.45, 7) is 0.369. The normalized spacial score (nSPS) is 15.3. The van der Waals surface area contributed by atoms with Gasteiger partial charge in [-0.2, -0.15) is 0 Å². The number of hydrogen-bond donors (Lipinski definition) is 1. The van der Waals surface area contributed by atoms with Crippen LogP contribution in [0.2, 0.25) is 5.02 Å². The molecule has 0 spiro atoms. The predicted molar refractivity (Wildman–Crippen MR) is 78.5 cm³/mol. The molecule has 0 radical (unpaired) electrons. The highest BCUT2D eigenvalue weighted by Crippen LogP contribution is 2.15. The van der Waals surface area contributed by atoms with E-state index in [0.717, 1.165) is 18.4 Å². The van der Waals surface area contributed by atoms with Crippen LogP contribution in [0.3, 0.4) is 0 Å². The van der Waals surface area contributed by atoms with E-state index >= 15 is 0 Å². The number of allylic oxidation sites excluding steroid dienone is 3. The Labute approximate surface area is 119 Å². The summed E-state index contributed by atoms with van der Waals surface area (Å²) in [6.07, 6.45) is 7.60. The molecule has 0 aromatic heterocycles. The van der Waals surface area contributed by atoms with Crippen molar-refractivity contribution in [3.8, 4) is 0 Å². The van der Waals surface area contributed by atoms with Gasteiger partial charge in [-0.25, -0.2) is 13.1 Å². The van der Waals surface area contributed by atoms with E-state index in [1.54, 1.807) is 18.2 Å². The van der Waals surface area contributed by atoms with Gasteiger partial charge in [0.2, 0.25) is 10.0 Å². The molecule has 1 N–H and O–H groups in total. The summed E-state index contributed by atoms with van der Waals surface area (Å²) in [6, 6.07) is 7.43. The van der Waals surface area contributed by atoms with Crippen molar-refractivity contribution in [3.05, 3.63) is 58.0 Å². The standard InChI is InChI=1S/C14H16ClNO2S/c15-13-6-4-5-12(11-13)9-10-16-19(17,18)14-7-2-1-3-8-14/h2,4-8,11,16H,1,3,9-10H2. The lowest BCUT2D eigenvalue weighted by Gasteiger charge is -2.10. The fraction of sp³-hybridized carbons (Fsp3) is 0.286. The Bertz CT molecular complexity index is 606. The van der Waals surface area contributed by atoms with E-state index in [2.05, 4.69) is 4.72 Å². The molecule has 1 aromatic carbocycles. The molecule has 5 heteroatoms. The summed E-state index contributed by atoms with van der Waals surface area (Å²) in [4.78, 5) is 0.366. The van der Waals surface area contributed by atoms with E-state index in [-0.39, 0.29) is 0 Å². The molecule has 19 heavy (non-hydrogen) atoms. The van der Waals surface area contributed by atoms with Gasteiger partial charge in [0, 0.05) is 11.6 Å². The first-order valence-corrected chi connectivity index (χ1v) is 8.05. The van der Waals surface area contributed by atoms with Crippen LogP contribution in [0.25, 0.3) is 0 Å². The van der Waals surface area contributed by atoms with E-state index in [0.29, 0.717) is 22.9 Å². The minimum absolute atomic E-state index is 0.366. The largest absolute Gasteiger partial charge is 0.240 e. The zero-order chi connectivity index (χ0) is 13.7. The number of nitrogens with one attached hydrogen (secondary N) is 1. The van der Waals surface area contributed by atoms with Gasteiger partial charge >= 0.3 is 0 Å². The average Bonchev–Trinajstić information content (AvgIpc) is 2.40. The zero-order valence-electron chi connectivity index (χ0n) is 10.5. The van der Waals surface area contributed by atoms with Crippen molar-refractivity contribution in [2.45, 2.75) is 19.3 Å². The molecule has 1 aliphatic rings. The second kappa shape index (κ2) is 6.37. The number of rotatable bonds is 5. The van der Waals surface area contributed by atoms with Crippen molar-refractivity contribution < 1.29 is 8.42 Å². The molecule has 3 nitrogen and oxygen atoms in total. The molecule has 0 unspecified atom stereocenters. The van der Waals surface area contributed by atoms with E-state index < -0.39 is 10.0 Å². The Balaban J connectivity index is 1.92. The topological polar surface area (TPSA) is 46.2 Å². The minimum atomic E-state index is -3.37.